The van der Waals surface area contributed by atoms with Crippen molar-refractivity contribution >= 4 is 57.3 Å². The van der Waals surface area contributed by atoms with Crippen molar-refractivity contribution < 1.29 is 66.8 Å². The summed E-state index contributed by atoms with van der Waals surface area (Å²) in [5.74, 6) is 0. The Balaban J connectivity index is -0.00000000145. The quantitative estimate of drug-likeness (QED) is 0.324. The molecular formula is H24AlNaO13S. The Kier molecular flexibility index (Phi) is 789. The molecule has 0 atom stereocenters. The van der Waals surface area contributed by atoms with Crippen LogP contribution >= 0.6 is 0 Å². The fourth-order valence-corrected chi connectivity index (χ4v) is 0. The molecule has 0 unspecified atom stereocenters. The molecule has 0 rings (SSSR count). The maximum atomic E-state index is 8.74. The second-order valence-electron chi connectivity index (χ2n) is 0.448. The summed E-state index contributed by atoms with van der Waals surface area (Å²) in [7, 11) is -4.67. The molecule has 0 spiro atoms. The molecule has 0 aliphatic carbocycles. The molecule has 0 saturated heterocycles. The molecule has 16 heteroatoms. The van der Waals surface area contributed by atoms with Crippen molar-refractivity contribution in [3.63, 3.8) is 0 Å². The molecule has 0 aromatic carbocycles. The van der Waals surface area contributed by atoms with E-state index in [0.29, 0.717) is 0 Å². The average molecular weight is 314 g/mol. The van der Waals surface area contributed by atoms with Crippen molar-refractivity contribution in [1.29, 1.82) is 0 Å². The van der Waals surface area contributed by atoms with Gasteiger partial charge in [0.2, 0.25) is 0 Å². The Labute approximate surface area is 124 Å². The maximum absolute atomic E-state index is 8.74. The third-order valence-electron chi connectivity index (χ3n) is 0. The molecule has 0 amide bonds. The summed E-state index contributed by atoms with van der Waals surface area (Å²) in [6.45, 7) is 0. The molecule has 0 aromatic rings. The average Bonchev–Trinajstić information content (AvgIpc) is 0.722. The molecule has 0 bridgehead atoms. The van der Waals surface area contributed by atoms with Crippen LogP contribution in [0.4, 0.5) is 0 Å². The normalized spacial score (nSPS) is 3.62. The zero-order valence-electron chi connectivity index (χ0n) is 6.62. The first kappa shape index (κ1) is 172. The van der Waals surface area contributed by atoms with E-state index in [0.717, 1.165) is 0 Å². The minimum absolute atomic E-state index is 0. The third kappa shape index (κ3) is 2730. The van der Waals surface area contributed by atoms with Crippen molar-refractivity contribution in [2.24, 2.45) is 0 Å². The van der Waals surface area contributed by atoms with Crippen LogP contribution in [0.25, 0.3) is 0 Å². The van der Waals surface area contributed by atoms with Gasteiger partial charge < -0.3 is 49.3 Å². The minimum atomic E-state index is -4.67. The van der Waals surface area contributed by atoms with E-state index >= 15 is 0 Å². The van der Waals surface area contributed by atoms with Crippen molar-refractivity contribution in [3.8, 4) is 0 Å². The topological polar surface area (TPSA) is 358 Å². The Morgan fingerprint density at radius 1 is 0.562 bits per heavy atom. The van der Waals surface area contributed by atoms with Gasteiger partial charge in [0.15, 0.2) is 17.4 Å². The van der Waals surface area contributed by atoms with Crippen molar-refractivity contribution in [1.82, 2.24) is 0 Å². The van der Waals surface area contributed by atoms with E-state index < -0.39 is 10.4 Å². The Bertz CT molecular complexity index is 99.1. The standard InChI is InChI=1S/Al.Na.H2O4S.9H2O.4H/c;;1-5(2,3)4;;;;;;;;;;;;;/h;;(H2,1,2,3,4);9*1H2;;;;. The first-order valence-electron chi connectivity index (χ1n) is 0.698. The molecule has 13 nitrogen and oxygen atoms in total. The first-order chi connectivity index (χ1) is 2.00. The molecule has 16 heavy (non-hydrogen) atoms. The molecule has 0 radical (unpaired) electrons. The van der Waals surface area contributed by atoms with Gasteiger partial charge in [-0.25, -0.2) is 0 Å². The van der Waals surface area contributed by atoms with Crippen LogP contribution in [-0.4, -0.2) is 114 Å². The Morgan fingerprint density at radius 2 is 0.562 bits per heavy atom. The van der Waals surface area contributed by atoms with E-state index in [4.69, 9.17) is 17.5 Å². The summed E-state index contributed by atoms with van der Waals surface area (Å²) in [5, 5.41) is 0. The van der Waals surface area contributed by atoms with Crippen molar-refractivity contribution in [3.05, 3.63) is 0 Å². The van der Waals surface area contributed by atoms with Gasteiger partial charge in [-0.2, -0.15) is 8.42 Å². The van der Waals surface area contributed by atoms with Crippen LogP contribution in [0.5, 0.6) is 0 Å². The van der Waals surface area contributed by atoms with Crippen LogP contribution in [0.2, 0.25) is 0 Å². The Morgan fingerprint density at radius 3 is 0.562 bits per heavy atom. The summed E-state index contributed by atoms with van der Waals surface area (Å²) in [6.07, 6.45) is 0. The zero-order chi connectivity index (χ0) is 4.50. The van der Waals surface area contributed by atoms with Gasteiger partial charge >= 0.3 is 40.0 Å². The molecule has 0 aliphatic heterocycles. The van der Waals surface area contributed by atoms with E-state index in [1.165, 1.54) is 0 Å². The van der Waals surface area contributed by atoms with Gasteiger partial charge in [0.1, 0.15) is 0 Å². The van der Waals surface area contributed by atoms with Gasteiger partial charge in [0.25, 0.3) is 0 Å². The van der Waals surface area contributed by atoms with Gasteiger partial charge in [-0.15, -0.1) is 0 Å². The van der Waals surface area contributed by atoms with Crippen LogP contribution in [0, 0.1) is 0 Å². The van der Waals surface area contributed by atoms with Gasteiger partial charge in [0.05, 0.1) is 0 Å². The SMILES string of the molecule is O.O.O.O.O.O.O.O.O.O=S(=O)(O)O.[AlH3].[NaH]. The third-order valence-corrected chi connectivity index (χ3v) is 0. The van der Waals surface area contributed by atoms with Gasteiger partial charge in [-0.1, -0.05) is 0 Å². The molecule has 112 valence electrons. The van der Waals surface area contributed by atoms with Crippen LogP contribution in [0.3, 0.4) is 0 Å². The van der Waals surface area contributed by atoms with Crippen LogP contribution in [0.1, 0.15) is 0 Å². The van der Waals surface area contributed by atoms with Crippen LogP contribution in [0.15, 0.2) is 0 Å². The number of hydrogen-bond donors (Lipinski definition) is 2. The van der Waals surface area contributed by atoms with E-state index in [9.17, 15) is 0 Å². The van der Waals surface area contributed by atoms with Gasteiger partial charge in [-0.3, -0.25) is 9.11 Å². The second-order valence-corrected chi connectivity index (χ2v) is 1.34. The molecule has 20 N–H and O–H groups in total. The molecule has 0 saturated carbocycles. The second kappa shape index (κ2) is 73.2. The Hall–Kier alpha value is 1.04. The van der Waals surface area contributed by atoms with Crippen molar-refractivity contribution in [2.45, 2.75) is 0 Å². The molecule has 0 heterocycles. The number of hydrogen-bond acceptors (Lipinski definition) is 2. The molecular weight excluding hydrogens is 290 g/mol. The van der Waals surface area contributed by atoms with Crippen LogP contribution < -0.4 is 0 Å². The molecule has 0 aromatic heterocycles. The summed E-state index contributed by atoms with van der Waals surface area (Å²) >= 11 is 0. The fraction of sp³-hybridized carbons (Fsp3) is 0. The van der Waals surface area contributed by atoms with E-state index in [1.54, 1.807) is 0 Å². The van der Waals surface area contributed by atoms with Gasteiger partial charge in [0, 0.05) is 0 Å². The summed E-state index contributed by atoms with van der Waals surface area (Å²) < 4.78 is 31.6. The number of rotatable bonds is 0. The predicted octanol–water partition coefficient (Wildman–Crippen LogP) is -9.91. The molecule has 0 aliphatic rings. The van der Waals surface area contributed by atoms with E-state index in [1.807, 2.05) is 0 Å². The fourth-order valence-electron chi connectivity index (χ4n) is 0. The zero-order valence-corrected chi connectivity index (χ0v) is 7.44. The van der Waals surface area contributed by atoms with E-state index in [-0.39, 0.29) is 96.2 Å². The molecule has 0 fully saturated rings. The summed E-state index contributed by atoms with van der Waals surface area (Å²) in [4.78, 5) is 0. The summed E-state index contributed by atoms with van der Waals surface area (Å²) in [6, 6.07) is 0. The monoisotopic (exact) mass is 314 g/mol. The van der Waals surface area contributed by atoms with Crippen LogP contribution in [-0.2, 0) is 10.4 Å². The van der Waals surface area contributed by atoms with Crippen molar-refractivity contribution in [2.75, 3.05) is 0 Å². The van der Waals surface area contributed by atoms with E-state index in [2.05, 4.69) is 0 Å². The first-order valence-corrected chi connectivity index (χ1v) is 2.10. The van der Waals surface area contributed by atoms with Gasteiger partial charge in [-0.05, 0) is 0 Å². The predicted molar refractivity (Wildman–Crippen MR) is 63.8 cm³/mol. The summed E-state index contributed by atoms with van der Waals surface area (Å²) in [5.41, 5.74) is 0.